The highest BCUT2D eigenvalue weighted by molar-refractivity contribution is 5.89. The van der Waals surface area contributed by atoms with Crippen LogP contribution in [0.15, 0.2) is 24.3 Å². The predicted octanol–water partition coefficient (Wildman–Crippen LogP) is 1.90. The Balaban J connectivity index is 1.77. The number of carbonyl (C=O) groups is 1. The summed E-state index contributed by atoms with van der Waals surface area (Å²) < 4.78 is 13.3. The fraction of sp³-hybridized carbons (Fsp3) is 0.462. The number of carbonyl (C=O) groups excluding carboxylic acids is 1. The van der Waals surface area contributed by atoms with E-state index >= 15 is 0 Å². The second-order valence-electron chi connectivity index (χ2n) is 4.73. The van der Waals surface area contributed by atoms with Gasteiger partial charge in [-0.05, 0) is 38.1 Å². The molecule has 2 rings (SSSR count). The van der Waals surface area contributed by atoms with Gasteiger partial charge in [0, 0.05) is 13.1 Å². The highest BCUT2D eigenvalue weighted by Crippen LogP contribution is 2.14. The number of nitrogens with one attached hydrogen (secondary N) is 2. The lowest BCUT2D eigenvalue weighted by Gasteiger charge is -2.12. The molecule has 0 radical (unpaired) electrons. The van der Waals surface area contributed by atoms with Crippen LogP contribution < -0.4 is 10.6 Å². The average Bonchev–Trinajstić information content (AvgIpc) is 2.76. The Labute approximate surface area is 106 Å². The first-order valence-electron chi connectivity index (χ1n) is 6.13. The SMILES string of the molecule is CN1CCC(CNC(=O)Nc2ccccc2F)C1. The Kier molecular flexibility index (Phi) is 4.15. The van der Waals surface area contributed by atoms with Crippen molar-refractivity contribution in [3.63, 3.8) is 0 Å². The number of hydrogen-bond donors (Lipinski definition) is 2. The lowest BCUT2D eigenvalue weighted by Crippen LogP contribution is -2.34. The normalized spacial score (nSPS) is 19.8. The Morgan fingerprint density at radius 3 is 2.94 bits per heavy atom. The van der Waals surface area contributed by atoms with Gasteiger partial charge in [0.2, 0.25) is 0 Å². The summed E-state index contributed by atoms with van der Waals surface area (Å²) in [7, 11) is 2.07. The van der Waals surface area contributed by atoms with E-state index in [-0.39, 0.29) is 11.7 Å². The van der Waals surface area contributed by atoms with Crippen molar-refractivity contribution in [1.29, 1.82) is 0 Å². The number of urea groups is 1. The highest BCUT2D eigenvalue weighted by Gasteiger charge is 2.19. The molecule has 4 nitrogen and oxygen atoms in total. The molecule has 2 N–H and O–H groups in total. The maximum absolute atomic E-state index is 13.3. The lowest BCUT2D eigenvalue weighted by molar-refractivity contribution is 0.250. The molecule has 1 unspecified atom stereocenters. The number of amides is 2. The van der Waals surface area contributed by atoms with Gasteiger partial charge < -0.3 is 15.5 Å². The lowest BCUT2D eigenvalue weighted by atomic mass is 10.1. The van der Waals surface area contributed by atoms with E-state index in [1.807, 2.05) is 0 Å². The molecule has 98 valence electrons. The van der Waals surface area contributed by atoms with Crippen molar-refractivity contribution in [2.45, 2.75) is 6.42 Å². The monoisotopic (exact) mass is 251 g/mol. The second-order valence-corrected chi connectivity index (χ2v) is 4.73. The number of benzene rings is 1. The molecule has 5 heteroatoms. The van der Waals surface area contributed by atoms with Crippen molar-refractivity contribution in [3.05, 3.63) is 30.1 Å². The van der Waals surface area contributed by atoms with E-state index in [1.165, 1.54) is 12.1 Å². The van der Waals surface area contributed by atoms with Gasteiger partial charge in [-0.1, -0.05) is 12.1 Å². The van der Waals surface area contributed by atoms with Gasteiger partial charge in [0.25, 0.3) is 0 Å². The second kappa shape index (κ2) is 5.82. The smallest absolute Gasteiger partial charge is 0.319 e. The van der Waals surface area contributed by atoms with Gasteiger partial charge in [0.15, 0.2) is 0 Å². The summed E-state index contributed by atoms with van der Waals surface area (Å²) in [5, 5.41) is 5.28. The van der Waals surface area contributed by atoms with Crippen LogP contribution >= 0.6 is 0 Å². The van der Waals surface area contributed by atoms with Crippen LogP contribution in [0.4, 0.5) is 14.9 Å². The van der Waals surface area contributed by atoms with Gasteiger partial charge in [-0.3, -0.25) is 0 Å². The van der Waals surface area contributed by atoms with Crippen molar-refractivity contribution in [1.82, 2.24) is 10.2 Å². The van der Waals surface area contributed by atoms with Gasteiger partial charge in [0.05, 0.1) is 5.69 Å². The van der Waals surface area contributed by atoms with Crippen LogP contribution in [-0.4, -0.2) is 37.6 Å². The summed E-state index contributed by atoms with van der Waals surface area (Å²) in [6.07, 6.45) is 1.09. The minimum absolute atomic E-state index is 0.207. The van der Waals surface area contributed by atoms with E-state index in [1.54, 1.807) is 12.1 Å². The van der Waals surface area contributed by atoms with E-state index in [9.17, 15) is 9.18 Å². The highest BCUT2D eigenvalue weighted by atomic mass is 19.1. The van der Waals surface area contributed by atoms with Crippen LogP contribution in [0.5, 0.6) is 0 Å². The minimum atomic E-state index is -0.423. The maximum Gasteiger partial charge on any atom is 0.319 e. The van der Waals surface area contributed by atoms with Gasteiger partial charge in [-0.25, -0.2) is 9.18 Å². The van der Waals surface area contributed by atoms with Crippen molar-refractivity contribution in [2.24, 2.45) is 5.92 Å². The van der Waals surface area contributed by atoms with E-state index < -0.39 is 5.82 Å². The number of likely N-dealkylation sites (tertiary alicyclic amines) is 1. The fourth-order valence-corrected chi connectivity index (χ4v) is 2.16. The maximum atomic E-state index is 13.3. The molecule has 1 saturated heterocycles. The molecule has 2 amide bonds. The quantitative estimate of drug-likeness (QED) is 0.861. The molecule has 0 aliphatic carbocycles. The van der Waals surface area contributed by atoms with Crippen LogP contribution in [0, 0.1) is 11.7 Å². The third kappa shape index (κ3) is 3.43. The molecule has 0 bridgehead atoms. The largest absolute Gasteiger partial charge is 0.338 e. The Bertz CT molecular complexity index is 424. The van der Waals surface area contributed by atoms with Gasteiger partial charge in [-0.15, -0.1) is 0 Å². The first kappa shape index (κ1) is 12.8. The van der Waals surface area contributed by atoms with Crippen molar-refractivity contribution >= 4 is 11.7 Å². The Hall–Kier alpha value is -1.62. The zero-order valence-electron chi connectivity index (χ0n) is 10.4. The number of nitrogens with zero attached hydrogens (tertiary/aromatic N) is 1. The first-order chi connectivity index (χ1) is 8.65. The van der Waals surface area contributed by atoms with Crippen LogP contribution in [-0.2, 0) is 0 Å². The van der Waals surface area contributed by atoms with E-state index in [4.69, 9.17) is 0 Å². The summed E-state index contributed by atoms with van der Waals surface area (Å²) in [4.78, 5) is 13.8. The van der Waals surface area contributed by atoms with Crippen molar-refractivity contribution in [2.75, 3.05) is 32.0 Å². The first-order valence-corrected chi connectivity index (χ1v) is 6.13. The van der Waals surface area contributed by atoms with Crippen LogP contribution in [0.25, 0.3) is 0 Å². The Morgan fingerprint density at radius 1 is 1.50 bits per heavy atom. The zero-order valence-corrected chi connectivity index (χ0v) is 10.4. The molecule has 18 heavy (non-hydrogen) atoms. The topological polar surface area (TPSA) is 44.4 Å². The summed E-state index contributed by atoms with van der Waals surface area (Å²) in [5.41, 5.74) is 0.207. The molecule has 1 heterocycles. The molecule has 1 aromatic rings. The van der Waals surface area contributed by atoms with Crippen LogP contribution in [0.3, 0.4) is 0 Å². The predicted molar refractivity (Wildman–Crippen MR) is 69.0 cm³/mol. The molecular formula is C13H18FN3O. The fourth-order valence-electron chi connectivity index (χ4n) is 2.16. The number of para-hydroxylation sites is 1. The summed E-state index contributed by atoms with van der Waals surface area (Å²) in [5.74, 6) is 0.0645. The molecule has 0 saturated carbocycles. The molecule has 1 fully saturated rings. The number of rotatable bonds is 3. The van der Waals surface area contributed by atoms with Gasteiger partial charge in [-0.2, -0.15) is 0 Å². The minimum Gasteiger partial charge on any atom is -0.338 e. The zero-order chi connectivity index (χ0) is 13.0. The molecular weight excluding hydrogens is 233 g/mol. The summed E-state index contributed by atoms with van der Waals surface area (Å²) in [6, 6.07) is 5.78. The van der Waals surface area contributed by atoms with Crippen molar-refractivity contribution in [3.8, 4) is 0 Å². The molecule has 1 aromatic carbocycles. The summed E-state index contributed by atoms with van der Waals surface area (Å²) in [6.45, 7) is 2.70. The third-order valence-electron chi connectivity index (χ3n) is 3.16. The van der Waals surface area contributed by atoms with Crippen molar-refractivity contribution < 1.29 is 9.18 Å². The van der Waals surface area contributed by atoms with E-state index in [0.29, 0.717) is 12.5 Å². The Morgan fingerprint density at radius 2 is 2.28 bits per heavy atom. The van der Waals surface area contributed by atoms with E-state index in [0.717, 1.165) is 19.5 Å². The van der Waals surface area contributed by atoms with E-state index in [2.05, 4.69) is 22.6 Å². The molecule has 1 aliphatic heterocycles. The van der Waals surface area contributed by atoms with Gasteiger partial charge >= 0.3 is 6.03 Å². The molecule has 1 atom stereocenters. The molecule has 1 aliphatic rings. The van der Waals surface area contributed by atoms with Crippen LogP contribution in [0.2, 0.25) is 0 Å². The number of halogens is 1. The number of anilines is 1. The summed E-state index contributed by atoms with van der Waals surface area (Å²) >= 11 is 0. The van der Waals surface area contributed by atoms with Crippen LogP contribution in [0.1, 0.15) is 6.42 Å². The third-order valence-corrected chi connectivity index (χ3v) is 3.16. The standard InChI is InChI=1S/C13H18FN3O/c1-17-7-6-10(9-17)8-15-13(18)16-12-5-3-2-4-11(12)14/h2-5,10H,6-9H2,1H3,(H2,15,16,18). The molecule has 0 aromatic heterocycles. The average molecular weight is 251 g/mol. The molecule has 0 spiro atoms. The number of hydrogen-bond acceptors (Lipinski definition) is 2. The van der Waals surface area contributed by atoms with Gasteiger partial charge in [0.1, 0.15) is 5.82 Å².